The van der Waals surface area contributed by atoms with Gasteiger partial charge in [0.05, 0.1) is 11.6 Å². The second-order valence-corrected chi connectivity index (χ2v) is 6.97. The van der Waals surface area contributed by atoms with E-state index < -0.39 is 17.8 Å². The number of phenols is 1. The SMILES string of the molecule is Cc1ccc2ccc([C@@H](Nc3cccc(C(F)(F)F)c3)c3cccnc3)c(O)c2n1. The van der Waals surface area contributed by atoms with Crippen LogP contribution in [0, 0.1) is 6.92 Å². The van der Waals surface area contributed by atoms with Crippen molar-refractivity contribution >= 4 is 16.6 Å². The van der Waals surface area contributed by atoms with Crippen LogP contribution < -0.4 is 5.32 Å². The summed E-state index contributed by atoms with van der Waals surface area (Å²) in [6.07, 6.45) is -1.23. The number of fused-ring (bicyclic) bond motifs is 1. The van der Waals surface area contributed by atoms with E-state index in [1.54, 1.807) is 36.7 Å². The molecule has 0 radical (unpaired) electrons. The third-order valence-electron chi connectivity index (χ3n) is 4.84. The number of aromatic hydroxyl groups is 1. The van der Waals surface area contributed by atoms with E-state index in [2.05, 4.69) is 15.3 Å². The number of hydrogen-bond donors (Lipinski definition) is 2. The number of nitrogens with one attached hydrogen (secondary N) is 1. The molecule has 2 aromatic carbocycles. The predicted octanol–water partition coefficient (Wildman–Crippen LogP) is 5.86. The molecule has 0 saturated heterocycles. The van der Waals surface area contributed by atoms with E-state index in [1.807, 2.05) is 25.1 Å². The summed E-state index contributed by atoms with van der Waals surface area (Å²) in [5.74, 6) is -0.0236. The smallest absolute Gasteiger partial charge is 0.416 e. The van der Waals surface area contributed by atoms with Gasteiger partial charge in [-0.15, -0.1) is 0 Å². The Bertz CT molecular complexity index is 1190. The van der Waals surface area contributed by atoms with E-state index in [0.717, 1.165) is 23.2 Å². The second kappa shape index (κ2) is 7.67. The molecular formula is C23H18F3N3O. The lowest BCUT2D eigenvalue weighted by Gasteiger charge is -2.23. The molecule has 4 nitrogen and oxygen atoms in total. The molecule has 2 heterocycles. The van der Waals surface area contributed by atoms with E-state index in [1.165, 1.54) is 6.07 Å². The van der Waals surface area contributed by atoms with E-state index >= 15 is 0 Å². The number of halogens is 3. The molecule has 0 fully saturated rings. The van der Waals surface area contributed by atoms with Gasteiger partial charge < -0.3 is 10.4 Å². The van der Waals surface area contributed by atoms with Crippen molar-refractivity contribution in [2.45, 2.75) is 19.1 Å². The highest BCUT2D eigenvalue weighted by Gasteiger charge is 2.30. The molecule has 0 saturated carbocycles. The molecule has 0 bridgehead atoms. The molecule has 0 amide bonds. The van der Waals surface area contributed by atoms with Crippen LogP contribution in [0.5, 0.6) is 5.75 Å². The highest BCUT2D eigenvalue weighted by Crippen LogP contribution is 2.37. The van der Waals surface area contributed by atoms with Crippen molar-refractivity contribution in [3.8, 4) is 5.75 Å². The average molecular weight is 409 g/mol. The fraction of sp³-hybridized carbons (Fsp3) is 0.130. The molecule has 152 valence electrons. The zero-order chi connectivity index (χ0) is 21.3. The Hall–Kier alpha value is -3.61. The first kappa shape index (κ1) is 19.7. The normalized spacial score (nSPS) is 12.7. The van der Waals surface area contributed by atoms with Crippen molar-refractivity contribution in [1.29, 1.82) is 0 Å². The van der Waals surface area contributed by atoms with Crippen LogP contribution in [0.4, 0.5) is 18.9 Å². The van der Waals surface area contributed by atoms with Crippen molar-refractivity contribution < 1.29 is 18.3 Å². The number of anilines is 1. The van der Waals surface area contributed by atoms with Crippen molar-refractivity contribution in [3.63, 3.8) is 0 Å². The summed E-state index contributed by atoms with van der Waals surface area (Å²) in [4.78, 5) is 8.54. The third-order valence-corrected chi connectivity index (χ3v) is 4.84. The number of phenolic OH excluding ortho intramolecular Hbond substituents is 1. The Kier molecular flexibility index (Phi) is 5.03. The maximum Gasteiger partial charge on any atom is 0.416 e. The standard InChI is InChI=1S/C23H18F3N3O/c1-14-7-8-15-9-10-19(22(30)21(15)28-14)20(16-4-3-11-27-13-16)29-18-6-2-5-17(12-18)23(24,25)26/h2-13,20,29-30H,1H3/t20-/m0/s1. The van der Waals surface area contributed by atoms with Gasteiger partial charge in [-0.3, -0.25) is 4.98 Å². The van der Waals surface area contributed by atoms with E-state index in [0.29, 0.717) is 16.6 Å². The van der Waals surface area contributed by atoms with Crippen LogP contribution in [0.3, 0.4) is 0 Å². The summed E-state index contributed by atoms with van der Waals surface area (Å²) in [6.45, 7) is 1.82. The van der Waals surface area contributed by atoms with Crippen LogP contribution in [0.1, 0.15) is 28.4 Å². The lowest BCUT2D eigenvalue weighted by molar-refractivity contribution is -0.137. The van der Waals surface area contributed by atoms with Crippen molar-refractivity contribution in [3.05, 3.63) is 95.4 Å². The van der Waals surface area contributed by atoms with Gasteiger partial charge in [0.2, 0.25) is 0 Å². The summed E-state index contributed by atoms with van der Waals surface area (Å²) in [5.41, 5.74) is 1.89. The molecule has 4 aromatic rings. The van der Waals surface area contributed by atoms with Crippen LogP contribution in [-0.4, -0.2) is 15.1 Å². The minimum Gasteiger partial charge on any atom is -0.505 e. The molecule has 0 aliphatic rings. The molecule has 0 aliphatic carbocycles. The highest BCUT2D eigenvalue weighted by molar-refractivity contribution is 5.86. The summed E-state index contributed by atoms with van der Waals surface area (Å²) in [5, 5.41) is 14.9. The van der Waals surface area contributed by atoms with Crippen molar-refractivity contribution in [1.82, 2.24) is 9.97 Å². The molecule has 7 heteroatoms. The molecule has 0 unspecified atom stereocenters. The zero-order valence-electron chi connectivity index (χ0n) is 16.0. The molecule has 1 atom stereocenters. The monoisotopic (exact) mass is 409 g/mol. The van der Waals surface area contributed by atoms with E-state index in [-0.39, 0.29) is 11.4 Å². The number of alkyl halides is 3. The number of nitrogens with zero attached hydrogens (tertiary/aromatic N) is 2. The Morgan fingerprint density at radius 2 is 1.80 bits per heavy atom. The Balaban J connectivity index is 1.83. The van der Waals surface area contributed by atoms with Gasteiger partial charge in [-0.1, -0.05) is 30.3 Å². The van der Waals surface area contributed by atoms with Crippen LogP contribution in [0.25, 0.3) is 10.9 Å². The zero-order valence-corrected chi connectivity index (χ0v) is 16.0. The number of hydrogen-bond acceptors (Lipinski definition) is 4. The molecule has 4 rings (SSSR count). The van der Waals surface area contributed by atoms with Crippen LogP contribution in [0.2, 0.25) is 0 Å². The number of aryl methyl sites for hydroxylation is 1. The molecule has 2 N–H and O–H groups in total. The second-order valence-electron chi connectivity index (χ2n) is 6.97. The van der Waals surface area contributed by atoms with Gasteiger partial charge in [-0.25, -0.2) is 4.98 Å². The van der Waals surface area contributed by atoms with Crippen molar-refractivity contribution in [2.75, 3.05) is 5.32 Å². The summed E-state index contributed by atoms with van der Waals surface area (Å²) in [6, 6.07) is 15.1. The van der Waals surface area contributed by atoms with Gasteiger partial charge >= 0.3 is 6.18 Å². The summed E-state index contributed by atoms with van der Waals surface area (Å²) >= 11 is 0. The Morgan fingerprint density at radius 3 is 2.53 bits per heavy atom. The lowest BCUT2D eigenvalue weighted by Crippen LogP contribution is -2.14. The number of aromatic nitrogens is 2. The minimum absolute atomic E-state index is 0.0236. The number of rotatable bonds is 4. The van der Waals surface area contributed by atoms with E-state index in [4.69, 9.17) is 0 Å². The highest BCUT2D eigenvalue weighted by atomic mass is 19.4. The van der Waals surface area contributed by atoms with Gasteiger partial charge in [-0.2, -0.15) is 13.2 Å². The predicted molar refractivity (Wildman–Crippen MR) is 109 cm³/mol. The summed E-state index contributed by atoms with van der Waals surface area (Å²) < 4.78 is 39.4. The molecule has 30 heavy (non-hydrogen) atoms. The van der Waals surface area contributed by atoms with Gasteiger partial charge in [0.15, 0.2) is 0 Å². The van der Waals surface area contributed by atoms with Crippen molar-refractivity contribution in [2.24, 2.45) is 0 Å². The minimum atomic E-state index is -4.45. The maximum atomic E-state index is 13.1. The van der Waals surface area contributed by atoms with Gasteiger partial charge in [0.1, 0.15) is 11.3 Å². The Morgan fingerprint density at radius 1 is 1.00 bits per heavy atom. The average Bonchev–Trinajstić information content (AvgIpc) is 2.73. The molecule has 0 spiro atoms. The lowest BCUT2D eigenvalue weighted by atomic mass is 9.97. The largest absolute Gasteiger partial charge is 0.505 e. The van der Waals surface area contributed by atoms with Gasteiger partial charge in [0, 0.05) is 34.7 Å². The maximum absolute atomic E-state index is 13.1. The molecule has 0 aliphatic heterocycles. The molecule has 2 aromatic heterocycles. The van der Waals surface area contributed by atoms with E-state index in [9.17, 15) is 18.3 Å². The fourth-order valence-electron chi connectivity index (χ4n) is 3.36. The van der Waals surface area contributed by atoms with Crippen LogP contribution in [0.15, 0.2) is 73.1 Å². The van der Waals surface area contributed by atoms with Gasteiger partial charge in [0.25, 0.3) is 0 Å². The number of pyridine rings is 2. The summed E-state index contributed by atoms with van der Waals surface area (Å²) in [7, 11) is 0. The first-order valence-corrected chi connectivity index (χ1v) is 9.26. The number of benzene rings is 2. The fourth-order valence-corrected chi connectivity index (χ4v) is 3.36. The van der Waals surface area contributed by atoms with Gasteiger partial charge in [-0.05, 0) is 42.8 Å². The van der Waals surface area contributed by atoms with Crippen LogP contribution >= 0.6 is 0 Å². The topological polar surface area (TPSA) is 58.0 Å². The third kappa shape index (κ3) is 3.91. The first-order chi connectivity index (χ1) is 14.3. The quantitative estimate of drug-likeness (QED) is 0.443. The first-order valence-electron chi connectivity index (χ1n) is 9.26. The van der Waals surface area contributed by atoms with Crippen LogP contribution in [-0.2, 0) is 6.18 Å². The molecular weight excluding hydrogens is 391 g/mol. The Labute approximate surface area is 171 Å².